The molecule has 0 amide bonds. The molecule has 0 spiro atoms. The highest BCUT2D eigenvalue weighted by Gasteiger charge is 2.42. The van der Waals surface area contributed by atoms with Crippen LogP contribution in [0.5, 0.6) is 0 Å². The molecule has 0 saturated heterocycles. The van der Waals surface area contributed by atoms with E-state index >= 15 is 0 Å². The average Bonchev–Trinajstić information content (AvgIpc) is 2.60. The molecule has 1 fully saturated rings. The second kappa shape index (κ2) is 6.90. The molecule has 2 atom stereocenters. The number of aliphatic hydroxyl groups is 1. The summed E-state index contributed by atoms with van der Waals surface area (Å²) in [5.74, 6) is 0.00867. The number of aliphatic hydroxyl groups excluding tert-OH is 1. The number of rotatable bonds is 4. The maximum absolute atomic E-state index is 12.2. The van der Waals surface area contributed by atoms with Gasteiger partial charge >= 0.3 is 5.97 Å². The molecular weight excluding hydrogens is 312 g/mol. The predicted octanol–water partition coefficient (Wildman–Crippen LogP) is 4.08. The van der Waals surface area contributed by atoms with E-state index in [0.29, 0.717) is 11.5 Å². The van der Waals surface area contributed by atoms with E-state index in [1.54, 1.807) is 12.1 Å². The van der Waals surface area contributed by atoms with Gasteiger partial charge in [0.15, 0.2) is 0 Å². The van der Waals surface area contributed by atoms with Crippen molar-refractivity contribution >= 4 is 17.6 Å². The van der Waals surface area contributed by atoms with Gasteiger partial charge in [0.05, 0.1) is 12.2 Å². The first-order chi connectivity index (χ1) is 11.1. The van der Waals surface area contributed by atoms with Gasteiger partial charge in [0, 0.05) is 10.4 Å². The number of benzene rings is 1. The first kappa shape index (κ1) is 16.3. The van der Waals surface area contributed by atoms with Gasteiger partial charge in [-0.15, -0.1) is 0 Å². The maximum atomic E-state index is 12.2. The highest BCUT2D eigenvalue weighted by Crippen LogP contribution is 2.48. The number of hydrogen-bond acceptors (Lipinski definition) is 3. The van der Waals surface area contributed by atoms with Crippen LogP contribution >= 0.6 is 11.6 Å². The summed E-state index contributed by atoms with van der Waals surface area (Å²) >= 11 is 6.15. The normalized spacial score (nSPS) is 26.8. The largest absolute Gasteiger partial charge is 0.461 e. The van der Waals surface area contributed by atoms with Crippen LogP contribution in [-0.4, -0.2) is 24.3 Å². The molecule has 2 aliphatic carbocycles. The van der Waals surface area contributed by atoms with E-state index in [9.17, 15) is 9.90 Å². The smallest absolute Gasteiger partial charge is 0.338 e. The quantitative estimate of drug-likeness (QED) is 0.845. The molecule has 23 heavy (non-hydrogen) atoms. The third-order valence-electron chi connectivity index (χ3n) is 4.94. The predicted molar refractivity (Wildman–Crippen MR) is 90.2 cm³/mol. The van der Waals surface area contributed by atoms with Gasteiger partial charge in [-0.05, 0) is 43.4 Å². The Hall–Kier alpha value is -1.58. The van der Waals surface area contributed by atoms with Crippen molar-refractivity contribution in [2.75, 3.05) is 13.2 Å². The minimum absolute atomic E-state index is 0.0110. The number of halogens is 1. The van der Waals surface area contributed by atoms with E-state index in [1.807, 2.05) is 30.4 Å². The van der Waals surface area contributed by atoms with E-state index in [1.165, 1.54) is 5.57 Å². The van der Waals surface area contributed by atoms with Crippen molar-refractivity contribution in [3.05, 3.63) is 58.7 Å². The van der Waals surface area contributed by atoms with E-state index in [0.717, 1.165) is 30.7 Å². The minimum Gasteiger partial charge on any atom is -0.461 e. The van der Waals surface area contributed by atoms with Gasteiger partial charge in [-0.1, -0.05) is 47.9 Å². The van der Waals surface area contributed by atoms with Gasteiger partial charge in [-0.25, -0.2) is 4.79 Å². The Balaban J connectivity index is 1.77. The zero-order valence-corrected chi connectivity index (χ0v) is 13.8. The third kappa shape index (κ3) is 3.36. The lowest BCUT2D eigenvalue weighted by molar-refractivity contribution is 0.00985. The summed E-state index contributed by atoms with van der Waals surface area (Å²) in [7, 11) is 0. The molecule has 0 radical (unpaired) electrons. The zero-order chi connectivity index (χ0) is 16.3. The number of carbonyl (C=O) groups excluding carboxylic acids is 1. The van der Waals surface area contributed by atoms with Crippen molar-refractivity contribution in [1.82, 2.24) is 0 Å². The maximum Gasteiger partial charge on any atom is 0.338 e. The average molecular weight is 333 g/mol. The molecule has 3 nitrogen and oxygen atoms in total. The van der Waals surface area contributed by atoms with Crippen LogP contribution in [0.2, 0.25) is 0 Å². The molecule has 1 saturated carbocycles. The Morgan fingerprint density at radius 2 is 2.09 bits per heavy atom. The first-order valence-electron chi connectivity index (χ1n) is 8.04. The van der Waals surface area contributed by atoms with Crippen LogP contribution in [0.1, 0.15) is 36.0 Å². The van der Waals surface area contributed by atoms with Crippen LogP contribution in [0.25, 0.3) is 0 Å². The van der Waals surface area contributed by atoms with Gasteiger partial charge in [-0.3, -0.25) is 0 Å². The molecule has 2 aliphatic rings. The molecule has 0 aromatic heterocycles. The van der Waals surface area contributed by atoms with Crippen molar-refractivity contribution in [3.63, 3.8) is 0 Å². The lowest BCUT2D eigenvalue weighted by atomic mass is 9.64. The van der Waals surface area contributed by atoms with Gasteiger partial charge in [0.1, 0.15) is 6.61 Å². The summed E-state index contributed by atoms with van der Waals surface area (Å²) < 4.78 is 5.54. The molecule has 1 unspecified atom stereocenters. The van der Waals surface area contributed by atoms with E-state index in [2.05, 4.69) is 0 Å². The second-order valence-electron chi connectivity index (χ2n) is 6.41. The molecule has 3 rings (SSSR count). The van der Waals surface area contributed by atoms with Gasteiger partial charge in [0.2, 0.25) is 0 Å². The highest BCUT2D eigenvalue weighted by atomic mass is 35.5. The van der Waals surface area contributed by atoms with E-state index in [4.69, 9.17) is 16.3 Å². The fraction of sp³-hybridized carbons (Fsp3) is 0.421. The number of allylic oxidation sites excluding steroid dienone is 3. The van der Waals surface area contributed by atoms with Crippen LogP contribution in [0.15, 0.2) is 53.1 Å². The number of hydrogen-bond donors (Lipinski definition) is 1. The highest BCUT2D eigenvalue weighted by molar-refractivity contribution is 6.29. The van der Waals surface area contributed by atoms with E-state index < -0.39 is 5.41 Å². The molecule has 122 valence electrons. The van der Waals surface area contributed by atoms with Crippen molar-refractivity contribution < 1.29 is 14.6 Å². The molecule has 1 N–H and O–H groups in total. The fourth-order valence-electron chi connectivity index (χ4n) is 3.66. The molecule has 1 aromatic rings. The van der Waals surface area contributed by atoms with E-state index in [-0.39, 0.29) is 19.2 Å². The Morgan fingerprint density at radius 3 is 2.83 bits per heavy atom. The fourth-order valence-corrected chi connectivity index (χ4v) is 3.91. The molecule has 0 bridgehead atoms. The van der Waals surface area contributed by atoms with Crippen molar-refractivity contribution in [1.29, 1.82) is 0 Å². The standard InChI is InChI=1S/C19H21ClO3/c20-16-8-9-17-15(11-16)7-4-10-19(17,12-21)13-23-18(22)14-5-2-1-3-6-14/h1-3,5-6,8-9,15,21H,4,7,10-13H2/t15?,19-/m0/s1. The Morgan fingerprint density at radius 1 is 1.30 bits per heavy atom. The number of esters is 1. The summed E-state index contributed by atoms with van der Waals surface area (Å²) in [6, 6.07) is 8.96. The monoisotopic (exact) mass is 332 g/mol. The minimum atomic E-state index is -0.471. The molecular formula is C19H21ClO3. The number of fused-ring (bicyclic) bond motifs is 1. The van der Waals surface area contributed by atoms with Gasteiger partial charge in [-0.2, -0.15) is 0 Å². The van der Waals surface area contributed by atoms with Gasteiger partial charge < -0.3 is 9.84 Å². The zero-order valence-electron chi connectivity index (χ0n) is 13.0. The molecule has 0 aliphatic heterocycles. The summed E-state index contributed by atoms with van der Waals surface area (Å²) in [4.78, 5) is 12.2. The lowest BCUT2D eigenvalue weighted by Gasteiger charge is -2.43. The van der Waals surface area contributed by atoms with Crippen LogP contribution in [0.4, 0.5) is 0 Å². The van der Waals surface area contributed by atoms with Crippen LogP contribution < -0.4 is 0 Å². The molecule has 1 aromatic carbocycles. The number of carbonyl (C=O) groups is 1. The SMILES string of the molecule is O=C(OC[C@@]1(CO)CCCC2CC(Cl)=CC=C21)c1ccccc1. The summed E-state index contributed by atoms with van der Waals surface area (Å²) in [5.41, 5.74) is 1.24. The summed E-state index contributed by atoms with van der Waals surface area (Å²) in [6.07, 6.45) is 7.66. The molecule has 0 heterocycles. The summed E-state index contributed by atoms with van der Waals surface area (Å²) in [6.45, 7) is 0.202. The first-order valence-corrected chi connectivity index (χ1v) is 8.42. The Bertz CT molecular complexity index is 635. The van der Waals surface area contributed by atoms with Crippen molar-refractivity contribution in [2.24, 2.45) is 11.3 Å². The van der Waals surface area contributed by atoms with Crippen molar-refractivity contribution in [3.8, 4) is 0 Å². The topological polar surface area (TPSA) is 46.5 Å². The van der Waals surface area contributed by atoms with Gasteiger partial charge in [0.25, 0.3) is 0 Å². The van der Waals surface area contributed by atoms with Crippen LogP contribution in [0.3, 0.4) is 0 Å². The second-order valence-corrected chi connectivity index (χ2v) is 6.89. The molecule has 4 heteroatoms. The van der Waals surface area contributed by atoms with Crippen LogP contribution in [-0.2, 0) is 4.74 Å². The third-order valence-corrected chi connectivity index (χ3v) is 5.22. The lowest BCUT2D eigenvalue weighted by Crippen LogP contribution is -2.40. The Kier molecular flexibility index (Phi) is 4.88. The number of ether oxygens (including phenoxy) is 1. The van der Waals surface area contributed by atoms with Crippen molar-refractivity contribution in [2.45, 2.75) is 25.7 Å². The van der Waals surface area contributed by atoms with Crippen LogP contribution in [0, 0.1) is 11.3 Å². The summed E-state index contributed by atoms with van der Waals surface area (Å²) in [5, 5.41) is 10.9. The Labute approximate surface area is 141 Å².